The van der Waals surface area contributed by atoms with Gasteiger partial charge in [-0.2, -0.15) is 13.2 Å². The molecule has 0 radical (unpaired) electrons. The number of nitrogens with one attached hydrogen (secondary N) is 1. The molecule has 0 heterocycles. The van der Waals surface area contributed by atoms with Crippen LogP contribution in [0.1, 0.15) is 17.2 Å². The van der Waals surface area contributed by atoms with Gasteiger partial charge in [0.05, 0.1) is 24.3 Å². The molecular weight excluding hydrogens is 462 g/mol. The van der Waals surface area contributed by atoms with Crippen molar-refractivity contribution in [3.63, 3.8) is 0 Å². The van der Waals surface area contributed by atoms with Gasteiger partial charge in [0.2, 0.25) is 0 Å². The van der Waals surface area contributed by atoms with Gasteiger partial charge in [0.1, 0.15) is 0 Å². The molecule has 2 aromatic carbocycles. The molecule has 2 rings (SSSR count). The smallest absolute Gasteiger partial charge is 0.430 e. The first-order valence-corrected chi connectivity index (χ1v) is 9.38. The lowest BCUT2D eigenvalue weighted by molar-refractivity contribution is -0.266. The number of ether oxygens (including phenoxy) is 3. The van der Waals surface area contributed by atoms with Crippen LogP contribution < -0.4 is 10.1 Å². The molecule has 2 aromatic rings. The summed E-state index contributed by atoms with van der Waals surface area (Å²) < 4.78 is 56.7. The zero-order valence-corrected chi connectivity index (χ0v) is 18.1. The highest BCUT2D eigenvalue weighted by Gasteiger charge is 2.63. The minimum atomic E-state index is -5.16. The summed E-state index contributed by atoms with van der Waals surface area (Å²) in [5, 5.41) is 2.01. The summed E-state index contributed by atoms with van der Waals surface area (Å²) in [6.45, 7) is 0. The zero-order chi connectivity index (χ0) is 23.4. The lowest BCUT2D eigenvalue weighted by Crippen LogP contribution is -2.57. The Kier molecular flexibility index (Phi) is 7.80. The Morgan fingerprint density at radius 3 is 1.97 bits per heavy atom. The van der Waals surface area contributed by atoms with Crippen molar-refractivity contribution >= 4 is 35.1 Å². The molecule has 168 valence electrons. The van der Waals surface area contributed by atoms with Gasteiger partial charge < -0.3 is 19.5 Å². The molecule has 2 atom stereocenters. The second-order valence-electron chi connectivity index (χ2n) is 6.20. The molecule has 0 aromatic heterocycles. The summed E-state index contributed by atoms with van der Waals surface area (Å²) in [7, 11) is 3.07. The second kappa shape index (κ2) is 9.76. The number of methoxy groups -OCH3 is 3. The lowest BCUT2D eigenvalue weighted by atomic mass is 9.91. The molecule has 0 aliphatic carbocycles. The maximum Gasteiger partial charge on any atom is 0.430 e. The molecular formula is C20H18Cl2F3NO5. The fourth-order valence-corrected chi connectivity index (χ4v) is 3.65. The molecule has 31 heavy (non-hydrogen) atoms. The van der Waals surface area contributed by atoms with E-state index in [0.29, 0.717) is 0 Å². The minimum absolute atomic E-state index is 0.0174. The average molecular weight is 480 g/mol. The van der Waals surface area contributed by atoms with E-state index in [1.165, 1.54) is 37.4 Å². The highest BCUT2D eigenvalue weighted by Crippen LogP contribution is 2.43. The first kappa shape index (κ1) is 24.8. The molecule has 0 bridgehead atoms. The Labute approximate surface area is 186 Å². The van der Waals surface area contributed by atoms with E-state index in [-0.39, 0.29) is 21.4 Å². The fourth-order valence-electron chi connectivity index (χ4n) is 2.99. The predicted octanol–water partition coefficient (Wildman–Crippen LogP) is 4.44. The molecule has 1 N–H and O–H groups in total. The van der Waals surface area contributed by atoms with Crippen molar-refractivity contribution in [2.45, 2.75) is 17.8 Å². The van der Waals surface area contributed by atoms with Crippen LogP contribution in [0.5, 0.6) is 5.75 Å². The maximum absolute atomic E-state index is 14.1. The molecule has 0 aliphatic rings. The number of hydrogen-bond acceptors (Lipinski definition) is 5. The van der Waals surface area contributed by atoms with Crippen molar-refractivity contribution in [2.24, 2.45) is 0 Å². The molecule has 0 saturated heterocycles. The van der Waals surface area contributed by atoms with E-state index in [2.05, 4.69) is 10.1 Å². The number of carbonyl (C=O) groups excluding carboxylic acids is 2. The summed E-state index contributed by atoms with van der Waals surface area (Å²) in [4.78, 5) is 25.3. The van der Waals surface area contributed by atoms with Crippen LogP contribution in [0, 0.1) is 0 Å². The summed E-state index contributed by atoms with van der Waals surface area (Å²) in [5.41, 5.74) is -3.88. The van der Waals surface area contributed by atoms with Gasteiger partial charge in [0.15, 0.2) is 11.8 Å². The standard InChI is InChI=1S/C20H18Cl2F3NO5/c1-29-16-13(21)9-11(10-14(16)22)15(17(27)30-2)26-18(28)19(31-3,20(23,24)25)12-7-5-4-6-8-12/h4-10,15H,1-3H3,(H,26,28)/t15-,19+/m1/s1. The number of amides is 1. The molecule has 1 amide bonds. The van der Waals surface area contributed by atoms with Crippen LogP contribution in [0.4, 0.5) is 13.2 Å². The first-order chi connectivity index (χ1) is 14.5. The van der Waals surface area contributed by atoms with Crippen LogP contribution >= 0.6 is 23.2 Å². The normalized spacial score (nSPS) is 14.3. The number of esters is 1. The maximum atomic E-state index is 14.1. The van der Waals surface area contributed by atoms with Gasteiger partial charge in [-0.15, -0.1) is 0 Å². The molecule has 11 heteroatoms. The summed E-state index contributed by atoms with van der Waals surface area (Å²) in [5.74, 6) is -2.59. The van der Waals surface area contributed by atoms with Crippen LogP contribution in [0.2, 0.25) is 10.0 Å². The van der Waals surface area contributed by atoms with E-state index in [9.17, 15) is 22.8 Å². The second-order valence-corrected chi connectivity index (χ2v) is 7.01. The van der Waals surface area contributed by atoms with Crippen molar-refractivity contribution in [3.05, 3.63) is 63.6 Å². The van der Waals surface area contributed by atoms with E-state index >= 15 is 0 Å². The van der Waals surface area contributed by atoms with Crippen molar-refractivity contribution in [2.75, 3.05) is 21.3 Å². The van der Waals surface area contributed by atoms with E-state index < -0.39 is 35.3 Å². The third-order valence-electron chi connectivity index (χ3n) is 4.48. The van der Waals surface area contributed by atoms with Crippen LogP contribution in [-0.4, -0.2) is 39.4 Å². The molecule has 0 fully saturated rings. The molecule has 0 unspecified atom stereocenters. The topological polar surface area (TPSA) is 73.9 Å². The predicted molar refractivity (Wildman–Crippen MR) is 107 cm³/mol. The monoisotopic (exact) mass is 479 g/mol. The number of alkyl halides is 3. The Balaban J connectivity index is 2.58. The lowest BCUT2D eigenvalue weighted by Gasteiger charge is -2.34. The Morgan fingerprint density at radius 1 is 1.00 bits per heavy atom. The van der Waals surface area contributed by atoms with Crippen LogP contribution in [0.15, 0.2) is 42.5 Å². The number of rotatable bonds is 7. The highest BCUT2D eigenvalue weighted by molar-refractivity contribution is 6.37. The summed E-state index contributed by atoms with van der Waals surface area (Å²) in [6, 6.07) is 7.08. The molecule has 0 aliphatic heterocycles. The van der Waals surface area contributed by atoms with Gasteiger partial charge in [-0.25, -0.2) is 4.79 Å². The third kappa shape index (κ3) is 4.73. The van der Waals surface area contributed by atoms with Gasteiger partial charge in [-0.1, -0.05) is 53.5 Å². The summed E-state index contributed by atoms with van der Waals surface area (Å²) in [6.07, 6.45) is -5.16. The Morgan fingerprint density at radius 2 is 1.55 bits per heavy atom. The fraction of sp³-hybridized carbons (Fsp3) is 0.300. The molecule has 0 saturated carbocycles. The number of hydrogen-bond donors (Lipinski definition) is 1. The largest absolute Gasteiger partial charge is 0.494 e. The number of halogens is 5. The van der Waals surface area contributed by atoms with E-state index in [1.807, 2.05) is 0 Å². The van der Waals surface area contributed by atoms with Crippen molar-refractivity contribution < 1.29 is 37.0 Å². The molecule has 6 nitrogen and oxygen atoms in total. The van der Waals surface area contributed by atoms with Gasteiger partial charge in [-0.3, -0.25) is 4.79 Å². The first-order valence-electron chi connectivity index (χ1n) is 8.62. The van der Waals surface area contributed by atoms with E-state index in [1.54, 1.807) is 0 Å². The quantitative estimate of drug-likeness (QED) is 0.594. The zero-order valence-electron chi connectivity index (χ0n) is 16.5. The van der Waals surface area contributed by atoms with Crippen LogP contribution in [0.25, 0.3) is 0 Å². The minimum Gasteiger partial charge on any atom is -0.494 e. The summed E-state index contributed by atoms with van der Waals surface area (Å²) >= 11 is 12.1. The SMILES string of the molecule is COC(=O)[C@H](NC(=O)[C@@](OC)(c1ccccc1)C(F)(F)F)c1cc(Cl)c(OC)c(Cl)c1. The number of benzene rings is 2. The average Bonchev–Trinajstić information content (AvgIpc) is 2.71. The van der Waals surface area contributed by atoms with Crippen molar-refractivity contribution in [1.29, 1.82) is 0 Å². The van der Waals surface area contributed by atoms with Crippen LogP contribution in [-0.2, 0) is 24.7 Å². The van der Waals surface area contributed by atoms with Gasteiger partial charge >= 0.3 is 12.1 Å². The van der Waals surface area contributed by atoms with Crippen LogP contribution in [0.3, 0.4) is 0 Å². The van der Waals surface area contributed by atoms with Crippen molar-refractivity contribution in [1.82, 2.24) is 5.32 Å². The van der Waals surface area contributed by atoms with E-state index in [4.69, 9.17) is 32.7 Å². The Hall–Kier alpha value is -2.49. The van der Waals surface area contributed by atoms with Gasteiger partial charge in [0.25, 0.3) is 11.5 Å². The Bertz CT molecular complexity index is 933. The van der Waals surface area contributed by atoms with E-state index in [0.717, 1.165) is 26.4 Å². The van der Waals surface area contributed by atoms with Gasteiger partial charge in [-0.05, 0) is 17.7 Å². The molecule has 0 spiro atoms. The third-order valence-corrected chi connectivity index (χ3v) is 5.04. The number of carbonyl (C=O) groups is 2. The van der Waals surface area contributed by atoms with Crippen molar-refractivity contribution in [3.8, 4) is 5.75 Å². The van der Waals surface area contributed by atoms with Gasteiger partial charge in [0, 0.05) is 12.7 Å². The highest BCUT2D eigenvalue weighted by atomic mass is 35.5.